The molecule has 108 valence electrons. The van der Waals surface area contributed by atoms with Crippen molar-refractivity contribution in [2.24, 2.45) is 5.92 Å². The van der Waals surface area contributed by atoms with E-state index >= 15 is 0 Å². The number of aryl methyl sites for hydroxylation is 1. The number of carboxylic acid groups (broad SMARTS) is 1. The van der Waals surface area contributed by atoms with Gasteiger partial charge in [0.25, 0.3) is 0 Å². The van der Waals surface area contributed by atoms with E-state index in [2.05, 4.69) is 24.8 Å². The van der Waals surface area contributed by atoms with Crippen molar-refractivity contribution in [2.75, 3.05) is 18.0 Å². The van der Waals surface area contributed by atoms with Gasteiger partial charge in [0.2, 0.25) is 0 Å². The molecule has 1 fully saturated rings. The Balaban J connectivity index is 1.79. The highest BCUT2D eigenvalue weighted by molar-refractivity contribution is 5.72. The third-order valence-corrected chi connectivity index (χ3v) is 4.33. The van der Waals surface area contributed by atoms with Gasteiger partial charge < -0.3 is 14.7 Å². The van der Waals surface area contributed by atoms with Crippen LogP contribution in [0, 0.1) is 5.92 Å². The van der Waals surface area contributed by atoms with Crippen LogP contribution in [0.25, 0.3) is 0 Å². The summed E-state index contributed by atoms with van der Waals surface area (Å²) in [5.74, 6) is 0.0516. The monoisotopic (exact) mass is 275 g/mol. The SMILES string of the molecule is CC1(C)CCc2cc(N3CCC(C(=O)O)C3)ccc2O1. The van der Waals surface area contributed by atoms with Crippen LogP contribution in [0.3, 0.4) is 0 Å². The van der Waals surface area contributed by atoms with Gasteiger partial charge in [0.05, 0.1) is 5.92 Å². The second-order valence-electron chi connectivity index (χ2n) is 6.42. The van der Waals surface area contributed by atoms with E-state index in [0.717, 1.165) is 37.2 Å². The van der Waals surface area contributed by atoms with E-state index < -0.39 is 5.97 Å². The lowest BCUT2D eigenvalue weighted by atomic mass is 9.94. The van der Waals surface area contributed by atoms with E-state index in [0.29, 0.717) is 6.54 Å². The molecule has 0 spiro atoms. The molecular weight excluding hydrogens is 254 g/mol. The number of ether oxygens (including phenoxy) is 1. The van der Waals surface area contributed by atoms with E-state index in [1.165, 1.54) is 5.56 Å². The number of aliphatic carboxylic acids is 1. The molecule has 0 amide bonds. The summed E-state index contributed by atoms with van der Waals surface area (Å²) in [5.41, 5.74) is 2.27. The summed E-state index contributed by atoms with van der Waals surface area (Å²) in [6.45, 7) is 5.66. The van der Waals surface area contributed by atoms with Crippen LogP contribution in [0.4, 0.5) is 5.69 Å². The number of rotatable bonds is 2. The quantitative estimate of drug-likeness (QED) is 0.901. The molecule has 1 N–H and O–H groups in total. The standard InChI is InChI=1S/C16H21NO3/c1-16(2)7-5-11-9-13(3-4-14(11)20-16)17-8-6-12(10-17)15(18)19/h3-4,9,12H,5-8,10H2,1-2H3,(H,18,19). The summed E-state index contributed by atoms with van der Waals surface area (Å²) in [4.78, 5) is 13.2. The van der Waals surface area contributed by atoms with Crippen LogP contribution in [0.15, 0.2) is 18.2 Å². The summed E-state index contributed by atoms with van der Waals surface area (Å²) in [6, 6.07) is 6.24. The van der Waals surface area contributed by atoms with Gasteiger partial charge in [0, 0.05) is 18.8 Å². The number of fused-ring (bicyclic) bond motifs is 1. The van der Waals surface area contributed by atoms with Crippen LogP contribution in [0.5, 0.6) is 5.75 Å². The highest BCUT2D eigenvalue weighted by Crippen LogP contribution is 2.36. The minimum atomic E-state index is -0.685. The number of benzene rings is 1. The Morgan fingerprint density at radius 3 is 2.95 bits per heavy atom. The van der Waals surface area contributed by atoms with Crippen molar-refractivity contribution >= 4 is 11.7 Å². The third kappa shape index (κ3) is 2.47. The molecule has 2 aliphatic heterocycles. The predicted molar refractivity (Wildman–Crippen MR) is 77.4 cm³/mol. The molecule has 3 rings (SSSR count). The molecule has 0 bridgehead atoms. The second-order valence-corrected chi connectivity index (χ2v) is 6.42. The topological polar surface area (TPSA) is 49.8 Å². The molecule has 4 nitrogen and oxygen atoms in total. The Hall–Kier alpha value is -1.71. The van der Waals surface area contributed by atoms with Crippen LogP contribution in [0.2, 0.25) is 0 Å². The second kappa shape index (κ2) is 4.69. The Morgan fingerprint density at radius 2 is 2.25 bits per heavy atom. The molecule has 0 aromatic heterocycles. The van der Waals surface area contributed by atoms with Crippen molar-refractivity contribution in [2.45, 2.75) is 38.7 Å². The number of carbonyl (C=O) groups is 1. The molecule has 1 unspecified atom stereocenters. The molecule has 0 saturated carbocycles. The minimum absolute atomic E-state index is 0.0867. The van der Waals surface area contributed by atoms with Gasteiger partial charge in [0.1, 0.15) is 11.4 Å². The fourth-order valence-corrected chi connectivity index (χ4v) is 3.04. The number of nitrogens with zero attached hydrogens (tertiary/aromatic N) is 1. The van der Waals surface area contributed by atoms with Gasteiger partial charge in [-0.05, 0) is 56.9 Å². The first kappa shape index (κ1) is 13.3. The lowest BCUT2D eigenvalue weighted by Crippen LogP contribution is -2.32. The number of carboxylic acids is 1. The highest BCUT2D eigenvalue weighted by Gasteiger charge is 2.30. The smallest absolute Gasteiger partial charge is 0.308 e. The minimum Gasteiger partial charge on any atom is -0.488 e. The van der Waals surface area contributed by atoms with Gasteiger partial charge >= 0.3 is 5.97 Å². The van der Waals surface area contributed by atoms with Crippen molar-refractivity contribution in [1.29, 1.82) is 0 Å². The van der Waals surface area contributed by atoms with Gasteiger partial charge in [0.15, 0.2) is 0 Å². The largest absolute Gasteiger partial charge is 0.488 e. The van der Waals surface area contributed by atoms with Crippen molar-refractivity contribution in [1.82, 2.24) is 0 Å². The van der Waals surface area contributed by atoms with Crippen molar-refractivity contribution in [3.63, 3.8) is 0 Å². The number of anilines is 1. The van der Waals surface area contributed by atoms with Crippen LogP contribution >= 0.6 is 0 Å². The molecule has 1 atom stereocenters. The molecule has 1 saturated heterocycles. The van der Waals surface area contributed by atoms with E-state index in [1.807, 2.05) is 12.1 Å². The average molecular weight is 275 g/mol. The lowest BCUT2D eigenvalue weighted by molar-refractivity contribution is -0.140. The maximum Gasteiger partial charge on any atom is 0.308 e. The number of hydrogen-bond acceptors (Lipinski definition) is 3. The lowest BCUT2D eigenvalue weighted by Gasteiger charge is -2.33. The summed E-state index contributed by atoms with van der Waals surface area (Å²) >= 11 is 0. The van der Waals surface area contributed by atoms with Crippen molar-refractivity contribution in [3.8, 4) is 5.75 Å². The maximum absolute atomic E-state index is 11.0. The summed E-state index contributed by atoms with van der Waals surface area (Å²) in [7, 11) is 0. The molecule has 20 heavy (non-hydrogen) atoms. The van der Waals surface area contributed by atoms with E-state index in [1.54, 1.807) is 0 Å². The Morgan fingerprint density at radius 1 is 1.45 bits per heavy atom. The zero-order valence-corrected chi connectivity index (χ0v) is 12.1. The van der Waals surface area contributed by atoms with E-state index in [4.69, 9.17) is 9.84 Å². The van der Waals surface area contributed by atoms with E-state index in [9.17, 15) is 4.79 Å². The van der Waals surface area contributed by atoms with E-state index in [-0.39, 0.29) is 11.5 Å². The fraction of sp³-hybridized carbons (Fsp3) is 0.562. The van der Waals surface area contributed by atoms with Crippen LogP contribution < -0.4 is 9.64 Å². The molecule has 2 heterocycles. The van der Waals surface area contributed by atoms with Crippen LogP contribution in [-0.2, 0) is 11.2 Å². The molecule has 0 radical (unpaired) electrons. The number of hydrogen-bond donors (Lipinski definition) is 1. The van der Waals surface area contributed by atoms with Gasteiger partial charge in [-0.3, -0.25) is 4.79 Å². The van der Waals surface area contributed by atoms with Crippen LogP contribution in [0.1, 0.15) is 32.3 Å². The van der Waals surface area contributed by atoms with Gasteiger partial charge in [-0.25, -0.2) is 0 Å². The zero-order valence-electron chi connectivity index (χ0n) is 12.1. The predicted octanol–water partition coefficient (Wildman–Crippen LogP) is 2.70. The van der Waals surface area contributed by atoms with Crippen molar-refractivity contribution < 1.29 is 14.6 Å². The van der Waals surface area contributed by atoms with Gasteiger partial charge in [-0.15, -0.1) is 0 Å². The maximum atomic E-state index is 11.0. The highest BCUT2D eigenvalue weighted by atomic mass is 16.5. The molecule has 1 aromatic rings. The Bertz CT molecular complexity index is 539. The third-order valence-electron chi connectivity index (χ3n) is 4.33. The average Bonchev–Trinajstić information content (AvgIpc) is 2.87. The molecule has 0 aliphatic carbocycles. The van der Waals surface area contributed by atoms with Gasteiger partial charge in [-0.1, -0.05) is 0 Å². The summed E-state index contributed by atoms with van der Waals surface area (Å²) in [5, 5.41) is 9.08. The molecular formula is C16H21NO3. The first-order valence-corrected chi connectivity index (χ1v) is 7.24. The Kier molecular flexibility index (Phi) is 3.11. The van der Waals surface area contributed by atoms with Gasteiger partial charge in [-0.2, -0.15) is 0 Å². The molecule has 1 aromatic carbocycles. The van der Waals surface area contributed by atoms with Crippen LogP contribution in [-0.4, -0.2) is 29.8 Å². The summed E-state index contributed by atoms with van der Waals surface area (Å²) < 4.78 is 5.98. The molecule has 4 heteroatoms. The Labute approximate surface area is 119 Å². The van der Waals surface area contributed by atoms with Crippen molar-refractivity contribution in [3.05, 3.63) is 23.8 Å². The first-order chi connectivity index (χ1) is 9.44. The zero-order chi connectivity index (χ0) is 14.3. The normalized spacial score (nSPS) is 24.1. The molecule has 2 aliphatic rings. The first-order valence-electron chi connectivity index (χ1n) is 7.24. The summed E-state index contributed by atoms with van der Waals surface area (Å²) in [6.07, 6.45) is 2.77. The fourth-order valence-electron chi connectivity index (χ4n) is 3.04.